The lowest BCUT2D eigenvalue weighted by atomic mass is 9.84. The van der Waals surface area contributed by atoms with Crippen molar-refractivity contribution in [3.05, 3.63) is 29.8 Å². The van der Waals surface area contributed by atoms with Crippen molar-refractivity contribution in [3.8, 4) is 5.75 Å². The Balaban J connectivity index is 2.36. The summed E-state index contributed by atoms with van der Waals surface area (Å²) in [7, 11) is -3.18. The minimum Gasteiger partial charge on any atom is -0.508 e. The van der Waals surface area contributed by atoms with Gasteiger partial charge < -0.3 is 10.2 Å². The van der Waals surface area contributed by atoms with E-state index in [-0.39, 0.29) is 22.8 Å². The molecule has 0 aliphatic carbocycles. The monoisotopic (exact) mass is 284 g/mol. The minimum absolute atomic E-state index is 0.0992. The Hall–Kier alpha value is -1.56. The first-order chi connectivity index (χ1) is 8.91. The Kier molecular flexibility index (Phi) is 3.80. The molecule has 2 atom stereocenters. The fourth-order valence-electron chi connectivity index (χ4n) is 2.66. The molecule has 1 fully saturated rings. The second-order valence-electron chi connectivity index (χ2n) is 4.89. The maximum atomic E-state index is 11.6. The lowest BCUT2D eigenvalue weighted by Crippen LogP contribution is -2.32. The lowest BCUT2D eigenvalue weighted by molar-refractivity contribution is -0.140. The number of carbonyl (C=O) groups is 1. The number of carboxylic acid groups (broad SMARTS) is 1. The molecule has 6 heteroatoms. The number of benzene rings is 1. The first kappa shape index (κ1) is 13.9. The zero-order valence-corrected chi connectivity index (χ0v) is 11.1. The lowest BCUT2D eigenvalue weighted by Gasteiger charge is -2.28. The van der Waals surface area contributed by atoms with Crippen LogP contribution in [0.15, 0.2) is 24.3 Å². The molecule has 1 saturated heterocycles. The van der Waals surface area contributed by atoms with Crippen LogP contribution in [0.25, 0.3) is 0 Å². The summed E-state index contributed by atoms with van der Waals surface area (Å²) in [6, 6.07) is 6.20. The average molecular weight is 284 g/mol. The summed E-state index contributed by atoms with van der Waals surface area (Å²) in [6.07, 6.45) is 1.02. The van der Waals surface area contributed by atoms with Gasteiger partial charge in [0.25, 0.3) is 0 Å². The second kappa shape index (κ2) is 5.21. The maximum absolute atomic E-state index is 11.6. The molecule has 19 heavy (non-hydrogen) atoms. The number of phenolic OH excluding ortho intramolecular Hbond substituents is 1. The van der Waals surface area contributed by atoms with Crippen LogP contribution < -0.4 is 0 Å². The van der Waals surface area contributed by atoms with Crippen LogP contribution in [-0.4, -0.2) is 36.1 Å². The Morgan fingerprint density at radius 3 is 2.58 bits per heavy atom. The van der Waals surface area contributed by atoms with Gasteiger partial charge in [0, 0.05) is 5.56 Å². The van der Waals surface area contributed by atoms with Crippen LogP contribution >= 0.6 is 0 Å². The molecule has 0 aromatic heterocycles. The predicted octanol–water partition coefficient (Wildman–Crippen LogP) is 1.39. The highest BCUT2D eigenvalue weighted by Crippen LogP contribution is 2.36. The fourth-order valence-corrected chi connectivity index (χ4v) is 4.44. The van der Waals surface area contributed by atoms with Crippen molar-refractivity contribution in [1.82, 2.24) is 0 Å². The molecule has 2 N–H and O–H groups in total. The third-order valence-electron chi connectivity index (χ3n) is 3.51. The second-order valence-corrected chi connectivity index (χ2v) is 7.12. The van der Waals surface area contributed by atoms with E-state index in [4.69, 9.17) is 0 Å². The fraction of sp³-hybridized carbons (Fsp3) is 0.462. The van der Waals surface area contributed by atoms with Crippen LogP contribution in [0.2, 0.25) is 0 Å². The van der Waals surface area contributed by atoms with E-state index in [2.05, 4.69) is 0 Å². The first-order valence-electron chi connectivity index (χ1n) is 6.12. The van der Waals surface area contributed by atoms with Crippen LogP contribution in [0.1, 0.15) is 24.3 Å². The number of hydrogen-bond acceptors (Lipinski definition) is 4. The normalized spacial score (nSPS) is 23.7. The van der Waals surface area contributed by atoms with Gasteiger partial charge in [0.15, 0.2) is 9.84 Å². The van der Waals surface area contributed by atoms with Crippen molar-refractivity contribution in [2.45, 2.75) is 18.8 Å². The average Bonchev–Trinajstić information content (AvgIpc) is 2.30. The molecule has 2 rings (SSSR count). The van der Waals surface area contributed by atoms with Gasteiger partial charge in [0.05, 0.1) is 17.4 Å². The van der Waals surface area contributed by atoms with Crippen molar-refractivity contribution >= 4 is 15.8 Å². The third kappa shape index (κ3) is 3.07. The molecule has 0 saturated carbocycles. The quantitative estimate of drug-likeness (QED) is 0.875. The van der Waals surface area contributed by atoms with Crippen LogP contribution in [0.3, 0.4) is 0 Å². The summed E-state index contributed by atoms with van der Waals surface area (Å²) in [5.74, 6) is -2.66. The number of aromatic hydroxyl groups is 1. The van der Waals surface area contributed by atoms with Crippen molar-refractivity contribution in [2.75, 3.05) is 11.5 Å². The van der Waals surface area contributed by atoms with E-state index in [0.29, 0.717) is 12.8 Å². The van der Waals surface area contributed by atoms with Crippen LogP contribution in [0.4, 0.5) is 0 Å². The number of sulfone groups is 1. The molecular formula is C13H16O5S. The predicted molar refractivity (Wildman–Crippen MR) is 69.9 cm³/mol. The van der Waals surface area contributed by atoms with Gasteiger partial charge in [0.2, 0.25) is 0 Å². The zero-order valence-electron chi connectivity index (χ0n) is 10.3. The highest BCUT2D eigenvalue weighted by molar-refractivity contribution is 7.91. The highest BCUT2D eigenvalue weighted by atomic mass is 32.2. The van der Waals surface area contributed by atoms with Gasteiger partial charge in [-0.05, 0) is 24.8 Å². The van der Waals surface area contributed by atoms with Gasteiger partial charge in [-0.3, -0.25) is 4.79 Å². The van der Waals surface area contributed by atoms with E-state index in [1.54, 1.807) is 12.1 Å². The number of phenols is 1. The summed E-state index contributed by atoms with van der Waals surface area (Å²) < 4.78 is 23.3. The standard InChI is InChI=1S/C13H16O5S/c14-11-6-2-1-5-10(11)12(13(15)16)9-4-3-7-19(17,18)8-9/h1-2,5-6,9,12,14H,3-4,7-8H2,(H,15,16). The van der Waals surface area contributed by atoms with E-state index in [1.165, 1.54) is 12.1 Å². The van der Waals surface area contributed by atoms with E-state index >= 15 is 0 Å². The molecule has 5 nitrogen and oxygen atoms in total. The molecule has 1 aliphatic heterocycles. The smallest absolute Gasteiger partial charge is 0.311 e. The molecule has 0 bridgehead atoms. The topological polar surface area (TPSA) is 91.7 Å². The maximum Gasteiger partial charge on any atom is 0.311 e. The van der Waals surface area contributed by atoms with Crippen molar-refractivity contribution in [3.63, 3.8) is 0 Å². The summed E-state index contributed by atoms with van der Waals surface area (Å²) in [5, 5.41) is 19.1. The zero-order chi connectivity index (χ0) is 14.0. The largest absolute Gasteiger partial charge is 0.508 e. The van der Waals surface area contributed by atoms with Gasteiger partial charge in [-0.25, -0.2) is 8.42 Å². The van der Waals surface area contributed by atoms with Gasteiger partial charge in [-0.1, -0.05) is 18.2 Å². The van der Waals surface area contributed by atoms with Gasteiger partial charge >= 0.3 is 5.97 Å². The minimum atomic E-state index is -3.18. The Labute approximate surface area is 111 Å². The van der Waals surface area contributed by atoms with E-state index in [1.807, 2.05) is 0 Å². The first-order valence-corrected chi connectivity index (χ1v) is 7.94. The SMILES string of the molecule is O=C(O)C(c1ccccc1O)C1CCCS(=O)(=O)C1. The summed E-state index contributed by atoms with van der Waals surface area (Å²) >= 11 is 0. The number of hydrogen-bond donors (Lipinski definition) is 2. The Bertz CT molecular complexity index is 578. The Morgan fingerprint density at radius 1 is 1.32 bits per heavy atom. The number of carboxylic acids is 1. The molecule has 2 unspecified atom stereocenters. The molecule has 1 aliphatic rings. The van der Waals surface area contributed by atoms with E-state index in [9.17, 15) is 23.4 Å². The molecular weight excluding hydrogens is 268 g/mol. The Morgan fingerprint density at radius 2 is 2.00 bits per heavy atom. The van der Waals surface area contributed by atoms with Crippen molar-refractivity contribution in [1.29, 1.82) is 0 Å². The summed E-state index contributed by atoms with van der Waals surface area (Å²) in [4.78, 5) is 11.5. The van der Waals surface area contributed by atoms with Gasteiger partial charge in [-0.2, -0.15) is 0 Å². The highest BCUT2D eigenvalue weighted by Gasteiger charge is 2.36. The van der Waals surface area contributed by atoms with Crippen molar-refractivity contribution in [2.24, 2.45) is 5.92 Å². The summed E-state index contributed by atoms with van der Waals surface area (Å²) in [6.45, 7) is 0. The van der Waals surface area contributed by atoms with Crippen LogP contribution in [0, 0.1) is 5.92 Å². The molecule has 1 heterocycles. The third-order valence-corrected chi connectivity index (χ3v) is 5.35. The number of aliphatic carboxylic acids is 1. The number of rotatable bonds is 3. The van der Waals surface area contributed by atoms with Gasteiger partial charge in [0.1, 0.15) is 5.75 Å². The van der Waals surface area contributed by atoms with E-state index in [0.717, 1.165) is 0 Å². The molecule has 0 radical (unpaired) electrons. The molecule has 0 amide bonds. The molecule has 1 aromatic carbocycles. The van der Waals surface area contributed by atoms with E-state index < -0.39 is 27.6 Å². The number of para-hydroxylation sites is 1. The van der Waals surface area contributed by atoms with Crippen molar-refractivity contribution < 1.29 is 23.4 Å². The summed E-state index contributed by atoms with van der Waals surface area (Å²) in [5.41, 5.74) is 0.289. The molecule has 1 aromatic rings. The van der Waals surface area contributed by atoms with Gasteiger partial charge in [-0.15, -0.1) is 0 Å². The molecule has 0 spiro atoms. The van der Waals surface area contributed by atoms with Crippen LogP contribution in [-0.2, 0) is 14.6 Å². The molecule has 104 valence electrons. The van der Waals surface area contributed by atoms with Crippen LogP contribution in [0.5, 0.6) is 5.75 Å².